The lowest BCUT2D eigenvalue weighted by molar-refractivity contribution is -0.140. The van der Waals surface area contributed by atoms with E-state index < -0.39 is 12.0 Å². The first-order valence-corrected chi connectivity index (χ1v) is 8.28. The number of halogens is 1. The third-order valence-electron chi connectivity index (χ3n) is 3.37. The minimum absolute atomic E-state index is 0.171. The summed E-state index contributed by atoms with van der Waals surface area (Å²) in [5, 5.41) is 4.74. The third-order valence-corrected chi connectivity index (χ3v) is 5.13. The zero-order valence-corrected chi connectivity index (χ0v) is 14.9. The molecule has 0 aliphatic carbocycles. The van der Waals surface area contributed by atoms with Crippen molar-refractivity contribution in [3.8, 4) is 0 Å². The highest BCUT2D eigenvalue weighted by molar-refractivity contribution is 9.10. The number of urea groups is 1. The summed E-state index contributed by atoms with van der Waals surface area (Å²) in [6, 6.07) is 1.13. The molecule has 6 nitrogen and oxygen atoms in total. The number of esters is 1. The number of hydrogen-bond donors (Lipinski definition) is 1. The molecule has 0 saturated heterocycles. The number of rotatable bonds is 5. The Bertz CT molecular complexity index is 614. The second kappa shape index (κ2) is 7.26. The van der Waals surface area contributed by atoms with Gasteiger partial charge in [-0.3, -0.25) is 0 Å². The van der Waals surface area contributed by atoms with E-state index in [9.17, 15) is 9.59 Å². The maximum atomic E-state index is 12.4. The number of hydrogen-bond acceptors (Lipinski definition) is 5. The summed E-state index contributed by atoms with van der Waals surface area (Å²) in [7, 11) is 3.16. The van der Waals surface area contributed by atoms with Crippen LogP contribution in [-0.4, -0.2) is 44.3 Å². The van der Waals surface area contributed by atoms with E-state index in [1.54, 1.807) is 21.1 Å². The van der Waals surface area contributed by atoms with Crippen LogP contribution in [0.1, 0.15) is 17.8 Å². The normalized spacial score (nSPS) is 18.5. The smallest absolute Gasteiger partial charge is 0.338 e. The minimum Gasteiger partial charge on any atom is -0.460 e. The maximum absolute atomic E-state index is 12.4. The number of ether oxygens (including phenoxy) is 2. The van der Waals surface area contributed by atoms with E-state index in [0.717, 1.165) is 9.35 Å². The molecule has 1 aliphatic heterocycles. The summed E-state index contributed by atoms with van der Waals surface area (Å²) in [5.74, 6) is -0.448. The first-order valence-electron chi connectivity index (χ1n) is 6.60. The molecule has 0 fully saturated rings. The summed E-state index contributed by atoms with van der Waals surface area (Å²) in [5.41, 5.74) is 1.02. The summed E-state index contributed by atoms with van der Waals surface area (Å²) in [6.45, 7) is 2.24. The summed E-state index contributed by atoms with van der Waals surface area (Å²) < 4.78 is 11.0. The van der Waals surface area contributed by atoms with Gasteiger partial charge in [0.25, 0.3) is 0 Å². The molecule has 8 heteroatoms. The fourth-order valence-electron chi connectivity index (χ4n) is 2.09. The molecule has 1 aliphatic rings. The Kier molecular flexibility index (Phi) is 5.60. The first-order chi connectivity index (χ1) is 10.5. The molecule has 0 radical (unpaired) electrons. The van der Waals surface area contributed by atoms with E-state index in [1.165, 1.54) is 16.2 Å². The number of allylic oxidation sites excluding steroid dienone is 1. The number of carbonyl (C=O) groups excluding carboxylic acids is 2. The number of nitrogens with one attached hydrogen (secondary N) is 1. The van der Waals surface area contributed by atoms with Gasteiger partial charge < -0.3 is 19.7 Å². The van der Waals surface area contributed by atoms with E-state index in [4.69, 9.17) is 9.47 Å². The van der Waals surface area contributed by atoms with Gasteiger partial charge in [-0.05, 0) is 28.9 Å². The molecule has 1 aromatic rings. The van der Waals surface area contributed by atoms with Crippen LogP contribution < -0.4 is 5.32 Å². The topological polar surface area (TPSA) is 67.9 Å². The van der Waals surface area contributed by atoms with Gasteiger partial charge in [0.15, 0.2) is 0 Å². The Balaban J connectivity index is 2.33. The lowest BCUT2D eigenvalue weighted by Gasteiger charge is -2.32. The number of nitrogens with zero attached hydrogens (tertiary/aromatic N) is 1. The monoisotopic (exact) mass is 388 g/mol. The third kappa shape index (κ3) is 3.50. The van der Waals surface area contributed by atoms with Crippen LogP contribution >= 0.6 is 27.3 Å². The van der Waals surface area contributed by atoms with Crippen molar-refractivity contribution in [2.75, 3.05) is 27.4 Å². The molecule has 2 heterocycles. The Labute approximate surface area is 141 Å². The molecule has 0 spiro atoms. The summed E-state index contributed by atoms with van der Waals surface area (Å²) >= 11 is 4.85. The minimum atomic E-state index is -0.505. The van der Waals surface area contributed by atoms with Gasteiger partial charge in [0, 0.05) is 34.6 Å². The van der Waals surface area contributed by atoms with Gasteiger partial charge in [-0.1, -0.05) is 0 Å². The fourth-order valence-corrected chi connectivity index (χ4v) is 3.59. The summed E-state index contributed by atoms with van der Waals surface area (Å²) in [6.07, 6.45) is 0. The number of thiophene rings is 1. The van der Waals surface area contributed by atoms with Crippen molar-refractivity contribution >= 4 is 39.3 Å². The van der Waals surface area contributed by atoms with Crippen LogP contribution in [0, 0.1) is 0 Å². The number of carbonyl (C=O) groups is 2. The Hall–Kier alpha value is -1.38. The van der Waals surface area contributed by atoms with Gasteiger partial charge in [-0.15, -0.1) is 11.3 Å². The molecule has 0 bridgehead atoms. The molecule has 0 aromatic carbocycles. The predicted octanol–water partition coefficient (Wildman–Crippen LogP) is 2.67. The average Bonchev–Trinajstić information content (AvgIpc) is 2.91. The van der Waals surface area contributed by atoms with Crippen molar-refractivity contribution < 1.29 is 19.1 Å². The van der Waals surface area contributed by atoms with Crippen LogP contribution in [0.15, 0.2) is 27.2 Å². The molecular weight excluding hydrogens is 372 g/mol. The zero-order valence-electron chi connectivity index (χ0n) is 12.5. The largest absolute Gasteiger partial charge is 0.460 e. The Morgan fingerprint density at radius 3 is 2.82 bits per heavy atom. The molecule has 2 rings (SSSR count). The fraction of sp³-hybridized carbons (Fsp3) is 0.429. The average molecular weight is 389 g/mol. The second-order valence-electron chi connectivity index (χ2n) is 4.74. The van der Waals surface area contributed by atoms with Crippen molar-refractivity contribution in [1.82, 2.24) is 10.2 Å². The summed E-state index contributed by atoms with van der Waals surface area (Å²) in [4.78, 5) is 26.7. The molecule has 0 unspecified atom stereocenters. The molecule has 0 saturated carbocycles. The SMILES string of the molecule is COCCOC(=O)C1=C(C)N(C)C(=O)N[C@@H]1c1cc(Br)cs1. The zero-order chi connectivity index (χ0) is 16.3. The predicted molar refractivity (Wildman–Crippen MR) is 86.6 cm³/mol. The van der Waals surface area contributed by atoms with Gasteiger partial charge in [0.2, 0.25) is 0 Å². The highest BCUT2D eigenvalue weighted by atomic mass is 79.9. The lowest BCUT2D eigenvalue weighted by atomic mass is 10.0. The molecule has 1 aromatic heterocycles. The lowest BCUT2D eigenvalue weighted by Crippen LogP contribution is -2.46. The van der Waals surface area contributed by atoms with Crippen LogP contribution in [0.4, 0.5) is 4.79 Å². The molecule has 1 N–H and O–H groups in total. The van der Waals surface area contributed by atoms with Crippen LogP contribution in [0.3, 0.4) is 0 Å². The highest BCUT2D eigenvalue weighted by Crippen LogP contribution is 2.35. The van der Waals surface area contributed by atoms with Gasteiger partial charge in [0.1, 0.15) is 6.61 Å². The van der Waals surface area contributed by atoms with Gasteiger partial charge in [-0.2, -0.15) is 0 Å². The van der Waals surface area contributed by atoms with Crippen molar-refractivity contribution in [2.45, 2.75) is 13.0 Å². The standard InChI is InChI=1S/C14H17BrN2O4S/c1-8-11(13(18)21-5-4-20-3)12(16-14(19)17(8)2)10-6-9(15)7-22-10/h6-7,12H,4-5H2,1-3H3,(H,16,19)/t12-/m1/s1. The van der Waals surface area contributed by atoms with Gasteiger partial charge >= 0.3 is 12.0 Å². The molecule has 120 valence electrons. The van der Waals surface area contributed by atoms with Gasteiger partial charge in [-0.25, -0.2) is 9.59 Å². The van der Waals surface area contributed by atoms with Gasteiger partial charge in [0.05, 0.1) is 18.2 Å². The first kappa shape index (κ1) is 17.0. The molecular formula is C14H17BrN2O4S. The Morgan fingerprint density at radius 1 is 1.50 bits per heavy atom. The molecule has 1 atom stereocenters. The number of amides is 2. The van der Waals surface area contributed by atoms with E-state index >= 15 is 0 Å². The van der Waals surface area contributed by atoms with Crippen molar-refractivity contribution in [2.24, 2.45) is 0 Å². The quantitative estimate of drug-likeness (QED) is 0.621. The van der Waals surface area contributed by atoms with Crippen molar-refractivity contribution in [1.29, 1.82) is 0 Å². The van der Waals surface area contributed by atoms with Crippen LogP contribution in [-0.2, 0) is 14.3 Å². The highest BCUT2D eigenvalue weighted by Gasteiger charge is 2.35. The number of methoxy groups -OCH3 is 1. The van der Waals surface area contributed by atoms with E-state index in [1.807, 2.05) is 11.4 Å². The van der Waals surface area contributed by atoms with Crippen LogP contribution in [0.2, 0.25) is 0 Å². The van der Waals surface area contributed by atoms with Crippen molar-refractivity contribution in [3.05, 3.63) is 32.1 Å². The maximum Gasteiger partial charge on any atom is 0.338 e. The van der Waals surface area contributed by atoms with Crippen LogP contribution in [0.25, 0.3) is 0 Å². The Morgan fingerprint density at radius 2 is 2.23 bits per heavy atom. The van der Waals surface area contributed by atoms with Crippen molar-refractivity contribution in [3.63, 3.8) is 0 Å². The molecule has 22 heavy (non-hydrogen) atoms. The van der Waals surface area contributed by atoms with E-state index in [-0.39, 0.29) is 12.6 Å². The molecule has 2 amide bonds. The van der Waals surface area contributed by atoms with E-state index in [2.05, 4.69) is 21.2 Å². The second-order valence-corrected chi connectivity index (χ2v) is 6.60. The van der Waals surface area contributed by atoms with E-state index in [0.29, 0.717) is 17.9 Å². The van der Waals surface area contributed by atoms with Crippen LogP contribution in [0.5, 0.6) is 0 Å².